The molecular weight excluding hydrogens is 182 g/mol. The van der Waals surface area contributed by atoms with Crippen LogP contribution in [0, 0.1) is 11.8 Å². The van der Waals surface area contributed by atoms with Crippen LogP contribution >= 0.6 is 11.5 Å². The number of hydrogen-bond donors (Lipinski definition) is 0. The van der Waals surface area contributed by atoms with Crippen LogP contribution in [-0.4, -0.2) is 10.2 Å². The van der Waals surface area contributed by atoms with Crippen LogP contribution in [0.25, 0.3) is 0 Å². The average molecular weight is 195 g/mol. The molecule has 1 saturated carbocycles. The summed E-state index contributed by atoms with van der Waals surface area (Å²) in [6.45, 7) is 2.17. The van der Waals surface area contributed by atoms with Crippen molar-refractivity contribution in [3.05, 3.63) is 17.1 Å². The third-order valence-electron chi connectivity index (χ3n) is 2.89. The molecule has 1 aromatic rings. The van der Waals surface area contributed by atoms with Gasteiger partial charge in [0.1, 0.15) is 5.69 Å². The first-order valence-corrected chi connectivity index (χ1v) is 5.57. The van der Waals surface area contributed by atoms with Gasteiger partial charge in [0.2, 0.25) is 0 Å². The van der Waals surface area contributed by atoms with E-state index in [0.717, 1.165) is 6.42 Å². The van der Waals surface area contributed by atoms with E-state index in [4.69, 9.17) is 0 Å². The summed E-state index contributed by atoms with van der Waals surface area (Å²) < 4.78 is 4.09. The van der Waals surface area contributed by atoms with Crippen LogP contribution in [0.5, 0.6) is 0 Å². The predicted molar refractivity (Wildman–Crippen MR) is 52.9 cm³/mol. The zero-order chi connectivity index (χ0) is 9.26. The maximum atomic E-state index is 11.9. The molecule has 1 aliphatic rings. The molecule has 2 atom stereocenters. The van der Waals surface area contributed by atoms with Crippen molar-refractivity contribution in [1.29, 1.82) is 0 Å². The van der Waals surface area contributed by atoms with Gasteiger partial charge in [0.05, 0.1) is 0 Å². The minimum atomic E-state index is 0.238. The van der Waals surface area contributed by atoms with Gasteiger partial charge in [-0.25, -0.2) is 0 Å². The van der Waals surface area contributed by atoms with E-state index >= 15 is 0 Å². The summed E-state index contributed by atoms with van der Waals surface area (Å²) in [5, 5.41) is 1.87. The number of Topliss-reactive ketones (excluding diaryl/α,β-unsaturated/α-hetero) is 1. The Morgan fingerprint density at radius 3 is 3.00 bits per heavy atom. The lowest BCUT2D eigenvalue weighted by atomic mass is 9.92. The second-order valence-electron chi connectivity index (χ2n) is 3.76. The fraction of sp³-hybridized carbons (Fsp3) is 0.600. The third-order valence-corrected chi connectivity index (χ3v) is 3.45. The van der Waals surface area contributed by atoms with Crippen molar-refractivity contribution < 1.29 is 4.79 Å². The van der Waals surface area contributed by atoms with Crippen LogP contribution < -0.4 is 0 Å². The van der Waals surface area contributed by atoms with E-state index in [2.05, 4.69) is 11.3 Å². The zero-order valence-electron chi connectivity index (χ0n) is 7.69. The molecule has 0 saturated heterocycles. The van der Waals surface area contributed by atoms with E-state index in [1.54, 1.807) is 0 Å². The normalized spacial score (nSPS) is 27.8. The standard InChI is InChI=1S/C10H13NOS/c1-7-3-2-4-8(7)10(12)9-5-6-13-11-9/h5-8H,2-4H2,1H3. The largest absolute Gasteiger partial charge is 0.292 e. The summed E-state index contributed by atoms with van der Waals surface area (Å²) in [6.07, 6.45) is 3.44. The Balaban J connectivity index is 2.13. The smallest absolute Gasteiger partial charge is 0.185 e. The van der Waals surface area contributed by atoms with Crippen LogP contribution in [0.4, 0.5) is 0 Å². The van der Waals surface area contributed by atoms with Crippen LogP contribution in [0.15, 0.2) is 11.4 Å². The molecule has 0 N–H and O–H groups in total. The molecule has 0 aliphatic heterocycles. The quantitative estimate of drug-likeness (QED) is 0.679. The van der Waals surface area contributed by atoms with Crippen molar-refractivity contribution in [1.82, 2.24) is 4.37 Å². The van der Waals surface area contributed by atoms with Crippen molar-refractivity contribution in [2.45, 2.75) is 26.2 Å². The average Bonchev–Trinajstić information content (AvgIpc) is 2.72. The first-order chi connectivity index (χ1) is 6.29. The topological polar surface area (TPSA) is 30.0 Å². The van der Waals surface area contributed by atoms with Crippen molar-refractivity contribution in [2.75, 3.05) is 0 Å². The number of ketones is 1. The highest BCUT2D eigenvalue weighted by Gasteiger charge is 2.30. The molecule has 1 heterocycles. The Morgan fingerprint density at radius 2 is 2.46 bits per heavy atom. The number of aromatic nitrogens is 1. The van der Waals surface area contributed by atoms with Crippen molar-refractivity contribution in [2.24, 2.45) is 11.8 Å². The van der Waals surface area contributed by atoms with E-state index in [0.29, 0.717) is 11.6 Å². The van der Waals surface area contributed by atoms with E-state index in [1.807, 2.05) is 11.4 Å². The summed E-state index contributed by atoms with van der Waals surface area (Å²) in [4.78, 5) is 11.9. The summed E-state index contributed by atoms with van der Waals surface area (Å²) in [5.41, 5.74) is 0.670. The Kier molecular flexibility index (Phi) is 2.44. The maximum absolute atomic E-state index is 11.9. The second-order valence-corrected chi connectivity index (χ2v) is 4.43. The third kappa shape index (κ3) is 1.66. The van der Waals surface area contributed by atoms with Gasteiger partial charge < -0.3 is 0 Å². The number of hydrogen-bond acceptors (Lipinski definition) is 3. The molecular formula is C10H13NOS. The summed E-state index contributed by atoms with van der Waals surface area (Å²) in [7, 11) is 0. The molecule has 2 nitrogen and oxygen atoms in total. The molecule has 1 aliphatic carbocycles. The highest BCUT2D eigenvalue weighted by molar-refractivity contribution is 7.03. The van der Waals surface area contributed by atoms with Gasteiger partial charge in [0, 0.05) is 11.3 Å². The lowest BCUT2D eigenvalue weighted by Crippen LogP contribution is -2.17. The number of carbonyl (C=O) groups is 1. The van der Waals surface area contributed by atoms with E-state index in [-0.39, 0.29) is 11.7 Å². The van der Waals surface area contributed by atoms with Gasteiger partial charge in [0.25, 0.3) is 0 Å². The Bertz CT molecular complexity index is 294. The minimum Gasteiger partial charge on any atom is -0.292 e. The predicted octanol–water partition coefficient (Wildman–Crippen LogP) is 2.76. The van der Waals surface area contributed by atoms with E-state index in [9.17, 15) is 4.79 Å². The SMILES string of the molecule is CC1CCCC1C(=O)c1ccsn1. The molecule has 0 bridgehead atoms. The molecule has 0 spiro atoms. The van der Waals surface area contributed by atoms with Crippen LogP contribution in [0.3, 0.4) is 0 Å². The van der Waals surface area contributed by atoms with Gasteiger partial charge in [0.15, 0.2) is 5.78 Å². The Morgan fingerprint density at radius 1 is 1.62 bits per heavy atom. The first kappa shape index (κ1) is 8.88. The van der Waals surface area contributed by atoms with E-state index in [1.165, 1.54) is 24.4 Å². The lowest BCUT2D eigenvalue weighted by molar-refractivity contribution is 0.0893. The summed E-state index contributed by atoms with van der Waals surface area (Å²) in [5.74, 6) is 1.04. The van der Waals surface area contributed by atoms with Gasteiger partial charge in [-0.3, -0.25) is 4.79 Å². The molecule has 13 heavy (non-hydrogen) atoms. The Labute approximate surface area is 82.1 Å². The monoisotopic (exact) mass is 195 g/mol. The lowest BCUT2D eigenvalue weighted by Gasteiger charge is -2.11. The van der Waals surface area contributed by atoms with Gasteiger partial charge >= 0.3 is 0 Å². The fourth-order valence-corrected chi connectivity index (χ4v) is 2.58. The molecule has 2 rings (SSSR count). The van der Waals surface area contributed by atoms with Crippen molar-refractivity contribution in [3.8, 4) is 0 Å². The van der Waals surface area contributed by atoms with Crippen molar-refractivity contribution in [3.63, 3.8) is 0 Å². The van der Waals surface area contributed by atoms with E-state index < -0.39 is 0 Å². The summed E-state index contributed by atoms with van der Waals surface area (Å²) in [6, 6.07) is 1.83. The zero-order valence-corrected chi connectivity index (χ0v) is 8.51. The van der Waals surface area contributed by atoms with Crippen LogP contribution in [-0.2, 0) is 0 Å². The van der Waals surface area contributed by atoms with Crippen LogP contribution in [0.2, 0.25) is 0 Å². The maximum Gasteiger partial charge on any atom is 0.185 e. The molecule has 3 heteroatoms. The summed E-state index contributed by atoms with van der Waals surface area (Å²) >= 11 is 1.36. The van der Waals surface area contributed by atoms with Gasteiger partial charge in [-0.05, 0) is 36.4 Å². The first-order valence-electron chi connectivity index (χ1n) is 4.73. The second kappa shape index (κ2) is 3.58. The van der Waals surface area contributed by atoms with Gasteiger partial charge in [-0.15, -0.1) is 0 Å². The van der Waals surface area contributed by atoms with Crippen LogP contribution in [0.1, 0.15) is 36.7 Å². The molecule has 1 aromatic heterocycles. The fourth-order valence-electron chi connectivity index (χ4n) is 2.06. The van der Waals surface area contributed by atoms with Gasteiger partial charge in [-0.2, -0.15) is 4.37 Å². The molecule has 0 amide bonds. The number of carbonyl (C=O) groups excluding carboxylic acids is 1. The molecule has 70 valence electrons. The van der Waals surface area contributed by atoms with Gasteiger partial charge in [-0.1, -0.05) is 13.3 Å². The number of nitrogens with zero attached hydrogens (tertiary/aromatic N) is 1. The molecule has 2 unspecified atom stereocenters. The Hall–Kier alpha value is -0.700. The highest BCUT2D eigenvalue weighted by atomic mass is 32.1. The molecule has 1 fully saturated rings. The van der Waals surface area contributed by atoms with Crippen molar-refractivity contribution >= 4 is 17.3 Å². The molecule has 0 radical (unpaired) electrons. The molecule has 0 aromatic carbocycles. The minimum absolute atomic E-state index is 0.238. The number of rotatable bonds is 2. The highest BCUT2D eigenvalue weighted by Crippen LogP contribution is 2.33.